The molecule has 0 radical (unpaired) electrons. The molecule has 0 saturated carbocycles. The predicted molar refractivity (Wildman–Crippen MR) is 124 cm³/mol. The SMILES string of the molecule is CCCCCCCc1ccc(-c2ccc(-c3ncc(CCCC)cn3)cc2F)cc1. The van der Waals surface area contributed by atoms with Crippen LogP contribution in [0.4, 0.5) is 4.39 Å². The van der Waals surface area contributed by atoms with Crippen LogP contribution < -0.4 is 0 Å². The Kier molecular flexibility index (Phi) is 8.55. The first-order chi connectivity index (χ1) is 14.7. The Balaban J connectivity index is 1.65. The molecule has 0 fully saturated rings. The van der Waals surface area contributed by atoms with Crippen molar-refractivity contribution in [3.63, 3.8) is 0 Å². The van der Waals surface area contributed by atoms with Crippen molar-refractivity contribution in [2.75, 3.05) is 0 Å². The minimum Gasteiger partial charge on any atom is -0.236 e. The van der Waals surface area contributed by atoms with E-state index in [2.05, 4.69) is 35.9 Å². The Labute approximate surface area is 180 Å². The second-order valence-corrected chi connectivity index (χ2v) is 8.07. The van der Waals surface area contributed by atoms with Crippen molar-refractivity contribution in [3.05, 3.63) is 71.8 Å². The molecule has 30 heavy (non-hydrogen) atoms. The van der Waals surface area contributed by atoms with E-state index in [1.165, 1.54) is 43.7 Å². The van der Waals surface area contributed by atoms with Crippen molar-refractivity contribution < 1.29 is 4.39 Å². The van der Waals surface area contributed by atoms with Gasteiger partial charge in [-0.15, -0.1) is 0 Å². The summed E-state index contributed by atoms with van der Waals surface area (Å²) < 4.78 is 14.8. The lowest BCUT2D eigenvalue weighted by atomic mass is 9.99. The number of aryl methyl sites for hydroxylation is 2. The molecule has 0 aliphatic rings. The molecule has 0 aliphatic heterocycles. The van der Waals surface area contributed by atoms with Gasteiger partial charge in [0.05, 0.1) is 0 Å². The van der Waals surface area contributed by atoms with Crippen LogP contribution in [0.15, 0.2) is 54.9 Å². The summed E-state index contributed by atoms with van der Waals surface area (Å²) in [5.74, 6) is 0.331. The summed E-state index contributed by atoms with van der Waals surface area (Å²) in [6.45, 7) is 4.41. The van der Waals surface area contributed by atoms with E-state index in [4.69, 9.17) is 0 Å². The highest BCUT2D eigenvalue weighted by atomic mass is 19.1. The van der Waals surface area contributed by atoms with Crippen LogP contribution in [-0.4, -0.2) is 9.97 Å². The summed E-state index contributed by atoms with van der Waals surface area (Å²) in [5.41, 5.74) is 4.69. The topological polar surface area (TPSA) is 25.8 Å². The van der Waals surface area contributed by atoms with Crippen LogP contribution in [0.2, 0.25) is 0 Å². The molecular weight excluding hydrogens is 371 g/mol. The number of hydrogen-bond acceptors (Lipinski definition) is 2. The van der Waals surface area contributed by atoms with Gasteiger partial charge in [-0.1, -0.05) is 82.3 Å². The minimum absolute atomic E-state index is 0.238. The van der Waals surface area contributed by atoms with Gasteiger partial charge in [-0.25, -0.2) is 14.4 Å². The largest absolute Gasteiger partial charge is 0.236 e. The van der Waals surface area contributed by atoms with E-state index < -0.39 is 0 Å². The molecule has 0 spiro atoms. The Morgan fingerprint density at radius 3 is 1.97 bits per heavy atom. The van der Waals surface area contributed by atoms with Crippen molar-refractivity contribution in [2.24, 2.45) is 0 Å². The molecule has 0 amide bonds. The second-order valence-electron chi connectivity index (χ2n) is 8.07. The van der Waals surface area contributed by atoms with Crippen LogP contribution in [0.5, 0.6) is 0 Å². The lowest BCUT2D eigenvalue weighted by Gasteiger charge is -2.08. The van der Waals surface area contributed by atoms with Crippen molar-refractivity contribution in [1.29, 1.82) is 0 Å². The predicted octanol–water partition coefficient (Wildman–Crippen LogP) is 7.81. The van der Waals surface area contributed by atoms with E-state index >= 15 is 0 Å². The van der Waals surface area contributed by atoms with Gasteiger partial charge in [0.2, 0.25) is 0 Å². The summed E-state index contributed by atoms with van der Waals surface area (Å²) in [6, 6.07) is 13.6. The number of halogens is 1. The molecule has 2 nitrogen and oxygen atoms in total. The molecule has 1 heterocycles. The van der Waals surface area contributed by atoms with Gasteiger partial charge in [-0.05, 0) is 48.4 Å². The Hall–Kier alpha value is -2.55. The zero-order chi connectivity index (χ0) is 21.2. The second kappa shape index (κ2) is 11.6. The number of unbranched alkanes of at least 4 members (excludes halogenated alkanes) is 5. The summed E-state index contributed by atoms with van der Waals surface area (Å²) in [5, 5.41) is 0. The van der Waals surface area contributed by atoms with Gasteiger partial charge in [-0.3, -0.25) is 0 Å². The number of hydrogen-bond donors (Lipinski definition) is 0. The smallest absolute Gasteiger partial charge is 0.159 e. The molecular formula is C27H33FN2. The third kappa shape index (κ3) is 6.22. The first-order valence-electron chi connectivity index (χ1n) is 11.4. The average molecular weight is 405 g/mol. The Morgan fingerprint density at radius 2 is 1.30 bits per heavy atom. The van der Waals surface area contributed by atoms with E-state index in [1.807, 2.05) is 36.7 Å². The van der Waals surface area contributed by atoms with Gasteiger partial charge in [0.25, 0.3) is 0 Å². The highest BCUT2D eigenvalue weighted by molar-refractivity contribution is 5.68. The number of benzene rings is 2. The van der Waals surface area contributed by atoms with E-state index in [1.54, 1.807) is 0 Å². The van der Waals surface area contributed by atoms with Crippen molar-refractivity contribution in [2.45, 2.75) is 71.6 Å². The molecule has 0 aliphatic carbocycles. The van der Waals surface area contributed by atoms with Gasteiger partial charge in [-0.2, -0.15) is 0 Å². The average Bonchev–Trinajstić information content (AvgIpc) is 2.78. The highest BCUT2D eigenvalue weighted by Gasteiger charge is 2.09. The normalized spacial score (nSPS) is 11.0. The number of rotatable bonds is 11. The van der Waals surface area contributed by atoms with Crippen molar-refractivity contribution >= 4 is 0 Å². The van der Waals surface area contributed by atoms with Gasteiger partial charge >= 0.3 is 0 Å². The fourth-order valence-electron chi connectivity index (χ4n) is 3.69. The van der Waals surface area contributed by atoms with Crippen LogP contribution in [-0.2, 0) is 12.8 Å². The minimum atomic E-state index is -0.238. The molecule has 0 N–H and O–H groups in total. The molecule has 0 atom stereocenters. The quantitative estimate of drug-likeness (QED) is 0.305. The fourth-order valence-corrected chi connectivity index (χ4v) is 3.69. The maximum Gasteiger partial charge on any atom is 0.159 e. The van der Waals surface area contributed by atoms with Crippen LogP contribution in [0.1, 0.15) is 69.9 Å². The highest BCUT2D eigenvalue weighted by Crippen LogP contribution is 2.27. The molecule has 3 heteroatoms. The van der Waals surface area contributed by atoms with Gasteiger partial charge < -0.3 is 0 Å². The molecule has 0 unspecified atom stereocenters. The van der Waals surface area contributed by atoms with Crippen LogP contribution in [0.25, 0.3) is 22.5 Å². The zero-order valence-electron chi connectivity index (χ0n) is 18.3. The zero-order valence-corrected chi connectivity index (χ0v) is 18.3. The van der Waals surface area contributed by atoms with Crippen LogP contribution >= 0.6 is 0 Å². The molecule has 2 aromatic carbocycles. The van der Waals surface area contributed by atoms with Crippen molar-refractivity contribution in [3.8, 4) is 22.5 Å². The van der Waals surface area contributed by atoms with Gasteiger partial charge in [0.1, 0.15) is 5.82 Å². The first kappa shape index (κ1) is 22.1. The lowest BCUT2D eigenvalue weighted by Crippen LogP contribution is -1.94. The van der Waals surface area contributed by atoms with Gasteiger partial charge in [0, 0.05) is 23.5 Å². The maximum atomic E-state index is 14.8. The molecule has 3 rings (SSSR count). The Morgan fingerprint density at radius 1 is 0.667 bits per heavy atom. The summed E-state index contributed by atoms with van der Waals surface area (Å²) in [6.07, 6.45) is 14.5. The first-order valence-corrected chi connectivity index (χ1v) is 11.4. The molecule has 158 valence electrons. The fraction of sp³-hybridized carbons (Fsp3) is 0.407. The molecule has 0 saturated heterocycles. The standard InChI is InChI=1S/C27H33FN2/c1-3-5-7-8-9-11-21-12-14-23(15-13-21)25-17-16-24(18-26(25)28)27-29-19-22(20-30-27)10-6-4-2/h12-20H,3-11H2,1-2H3. The van der Waals surface area contributed by atoms with E-state index in [-0.39, 0.29) is 5.82 Å². The monoisotopic (exact) mass is 404 g/mol. The lowest BCUT2D eigenvalue weighted by molar-refractivity contribution is 0.631. The summed E-state index contributed by atoms with van der Waals surface area (Å²) >= 11 is 0. The van der Waals surface area contributed by atoms with Crippen molar-refractivity contribution in [1.82, 2.24) is 9.97 Å². The van der Waals surface area contributed by atoms with E-state index in [0.717, 1.165) is 36.8 Å². The van der Waals surface area contributed by atoms with E-state index in [9.17, 15) is 4.39 Å². The summed E-state index contributed by atoms with van der Waals surface area (Å²) in [4.78, 5) is 8.85. The third-order valence-corrected chi connectivity index (χ3v) is 5.59. The number of nitrogens with zero attached hydrogens (tertiary/aromatic N) is 2. The Bertz CT molecular complexity index is 901. The van der Waals surface area contributed by atoms with Crippen LogP contribution in [0.3, 0.4) is 0 Å². The van der Waals surface area contributed by atoms with Crippen LogP contribution in [0, 0.1) is 5.82 Å². The molecule has 0 bridgehead atoms. The third-order valence-electron chi connectivity index (χ3n) is 5.59. The molecule has 3 aromatic rings. The summed E-state index contributed by atoms with van der Waals surface area (Å²) in [7, 11) is 0. The van der Waals surface area contributed by atoms with E-state index in [0.29, 0.717) is 17.0 Å². The number of aromatic nitrogens is 2. The molecule has 1 aromatic heterocycles. The maximum absolute atomic E-state index is 14.8. The van der Waals surface area contributed by atoms with Gasteiger partial charge in [0.15, 0.2) is 5.82 Å².